The number of benzene rings is 2. The van der Waals surface area contributed by atoms with Gasteiger partial charge in [-0.3, -0.25) is 4.98 Å². The van der Waals surface area contributed by atoms with Gasteiger partial charge in [0, 0.05) is 29.6 Å². The number of aromatic nitrogens is 1. The van der Waals surface area contributed by atoms with Crippen LogP contribution in [-0.4, -0.2) is 16.1 Å². The van der Waals surface area contributed by atoms with Gasteiger partial charge in [-0.05, 0) is 43.4 Å². The molecule has 2 N–H and O–H groups in total. The molecule has 0 saturated carbocycles. The summed E-state index contributed by atoms with van der Waals surface area (Å²) >= 11 is 0. The largest absolute Gasteiger partial charge is 0.388 e. The Hall–Kier alpha value is -2.30. The Morgan fingerprint density at radius 2 is 1.88 bits per heavy atom. The van der Waals surface area contributed by atoms with Crippen LogP contribution < -0.4 is 5.32 Å². The molecule has 0 saturated heterocycles. The molecule has 3 nitrogen and oxygen atoms in total. The van der Waals surface area contributed by atoms with Crippen LogP contribution in [0.1, 0.15) is 43.4 Å². The van der Waals surface area contributed by atoms with Crippen LogP contribution in [0.2, 0.25) is 0 Å². The first-order valence-electron chi connectivity index (χ1n) is 9.12. The second-order valence-electron chi connectivity index (χ2n) is 6.82. The summed E-state index contributed by atoms with van der Waals surface area (Å²) in [4.78, 5) is 3.88. The van der Waals surface area contributed by atoms with Gasteiger partial charge in [-0.1, -0.05) is 42.5 Å². The van der Waals surface area contributed by atoms with Gasteiger partial charge in [0.2, 0.25) is 0 Å². The third-order valence-corrected chi connectivity index (χ3v) is 4.73. The molecule has 2 atom stereocenters. The van der Waals surface area contributed by atoms with Crippen molar-refractivity contribution in [2.45, 2.75) is 44.9 Å². The molecule has 0 bridgehead atoms. The Bertz CT molecular complexity index is 838. The van der Waals surface area contributed by atoms with E-state index in [1.54, 1.807) is 6.20 Å². The van der Waals surface area contributed by atoms with Crippen molar-refractivity contribution in [3.8, 4) is 0 Å². The number of hydrogen-bond acceptors (Lipinski definition) is 3. The van der Waals surface area contributed by atoms with Crippen LogP contribution in [0.25, 0.3) is 10.8 Å². The van der Waals surface area contributed by atoms with Crippen LogP contribution >= 0.6 is 0 Å². The van der Waals surface area contributed by atoms with Crippen molar-refractivity contribution in [2.75, 3.05) is 0 Å². The molecule has 3 aromatic rings. The van der Waals surface area contributed by atoms with E-state index in [1.807, 2.05) is 48.5 Å². The van der Waals surface area contributed by atoms with Gasteiger partial charge in [0.05, 0.1) is 12.3 Å². The monoisotopic (exact) mass is 352 g/mol. The molecule has 1 heterocycles. The molecule has 1 unspecified atom stereocenters. The van der Waals surface area contributed by atoms with Gasteiger partial charge in [0.1, 0.15) is 5.82 Å². The van der Waals surface area contributed by atoms with E-state index in [2.05, 4.69) is 17.2 Å². The molecule has 0 radical (unpaired) electrons. The van der Waals surface area contributed by atoms with Crippen LogP contribution in [0.5, 0.6) is 0 Å². The number of aliphatic hydroxyl groups excluding tert-OH is 1. The minimum atomic E-state index is -0.402. The van der Waals surface area contributed by atoms with Gasteiger partial charge in [0.25, 0.3) is 0 Å². The molecule has 0 spiro atoms. The van der Waals surface area contributed by atoms with E-state index in [4.69, 9.17) is 0 Å². The quantitative estimate of drug-likeness (QED) is 0.614. The lowest BCUT2D eigenvalue weighted by molar-refractivity contribution is 0.162. The summed E-state index contributed by atoms with van der Waals surface area (Å²) in [6.45, 7) is 2.83. The molecule has 136 valence electrons. The topological polar surface area (TPSA) is 45.1 Å². The van der Waals surface area contributed by atoms with E-state index in [1.165, 1.54) is 6.20 Å². The number of pyridine rings is 1. The lowest BCUT2D eigenvalue weighted by Gasteiger charge is -2.16. The highest BCUT2D eigenvalue weighted by Crippen LogP contribution is 2.20. The fourth-order valence-electron chi connectivity index (χ4n) is 3.14. The predicted molar refractivity (Wildman–Crippen MR) is 103 cm³/mol. The van der Waals surface area contributed by atoms with Crippen molar-refractivity contribution in [2.24, 2.45) is 0 Å². The summed E-state index contributed by atoms with van der Waals surface area (Å²) in [5, 5.41) is 15.1. The molecule has 4 heteroatoms. The van der Waals surface area contributed by atoms with Crippen LogP contribution in [0.3, 0.4) is 0 Å². The first-order chi connectivity index (χ1) is 12.6. The zero-order valence-corrected chi connectivity index (χ0v) is 15.0. The zero-order valence-electron chi connectivity index (χ0n) is 15.0. The number of hydrogen-bond donors (Lipinski definition) is 2. The molecular formula is C22H25FN2O. The Kier molecular flexibility index (Phi) is 6.31. The number of rotatable bonds is 8. The van der Waals surface area contributed by atoms with Crippen LogP contribution in [-0.2, 0) is 6.54 Å². The molecule has 0 aliphatic rings. The summed E-state index contributed by atoms with van der Waals surface area (Å²) in [6.07, 6.45) is 5.21. The summed E-state index contributed by atoms with van der Waals surface area (Å²) in [5.74, 6) is -0.285. The normalized spacial score (nSPS) is 13.7. The van der Waals surface area contributed by atoms with Crippen LogP contribution in [0, 0.1) is 5.82 Å². The first kappa shape index (κ1) is 18.5. The van der Waals surface area contributed by atoms with E-state index in [0.29, 0.717) is 18.0 Å². The number of nitrogens with zero attached hydrogens (tertiary/aromatic N) is 1. The Morgan fingerprint density at radius 3 is 2.69 bits per heavy atom. The van der Waals surface area contributed by atoms with E-state index >= 15 is 0 Å². The molecule has 26 heavy (non-hydrogen) atoms. The van der Waals surface area contributed by atoms with Gasteiger partial charge in [-0.2, -0.15) is 0 Å². The maximum absolute atomic E-state index is 13.8. The fraction of sp³-hybridized carbons (Fsp3) is 0.318. The van der Waals surface area contributed by atoms with E-state index in [0.717, 1.165) is 35.8 Å². The first-order valence-corrected chi connectivity index (χ1v) is 9.12. The molecule has 0 amide bonds. The van der Waals surface area contributed by atoms with Crippen molar-refractivity contribution in [1.82, 2.24) is 10.3 Å². The van der Waals surface area contributed by atoms with Crippen molar-refractivity contribution >= 4 is 10.8 Å². The summed E-state index contributed by atoms with van der Waals surface area (Å²) in [5.41, 5.74) is 2.03. The van der Waals surface area contributed by atoms with Gasteiger partial charge in [-0.15, -0.1) is 0 Å². The number of nitrogens with one attached hydrogen (secondary N) is 1. The smallest absolute Gasteiger partial charge is 0.149 e. The van der Waals surface area contributed by atoms with Crippen LogP contribution in [0.15, 0.2) is 60.9 Å². The second kappa shape index (κ2) is 8.88. The van der Waals surface area contributed by atoms with Crippen molar-refractivity contribution in [1.29, 1.82) is 0 Å². The highest BCUT2D eigenvalue weighted by atomic mass is 19.1. The minimum absolute atomic E-state index is 0.285. The maximum Gasteiger partial charge on any atom is 0.149 e. The highest BCUT2D eigenvalue weighted by Gasteiger charge is 2.09. The minimum Gasteiger partial charge on any atom is -0.388 e. The van der Waals surface area contributed by atoms with E-state index in [9.17, 15) is 9.50 Å². The number of aliphatic hydroxyl groups is 1. The van der Waals surface area contributed by atoms with Crippen LogP contribution in [0.4, 0.5) is 4.39 Å². The van der Waals surface area contributed by atoms with Gasteiger partial charge < -0.3 is 10.4 Å². The molecule has 0 aliphatic heterocycles. The second-order valence-corrected chi connectivity index (χ2v) is 6.82. The number of fused-ring (bicyclic) bond motifs is 1. The predicted octanol–water partition coefficient (Wildman–Crippen LogP) is 4.76. The fourth-order valence-corrected chi connectivity index (χ4v) is 3.14. The van der Waals surface area contributed by atoms with Crippen molar-refractivity contribution in [3.05, 3.63) is 77.9 Å². The maximum atomic E-state index is 13.8. The Balaban J connectivity index is 1.45. The van der Waals surface area contributed by atoms with Gasteiger partial charge in [-0.25, -0.2) is 4.39 Å². The molecule has 0 aliphatic carbocycles. The SMILES string of the molecule is C[C@H](CCCC(O)c1ccccc1)NCc1ccc2cncc(F)c2c1. The average molecular weight is 352 g/mol. The lowest BCUT2D eigenvalue weighted by atomic mass is 10.0. The molecule has 0 fully saturated rings. The molecule has 1 aromatic heterocycles. The molecular weight excluding hydrogens is 327 g/mol. The van der Waals surface area contributed by atoms with E-state index < -0.39 is 6.10 Å². The molecule has 3 rings (SSSR count). The van der Waals surface area contributed by atoms with E-state index in [-0.39, 0.29) is 5.82 Å². The van der Waals surface area contributed by atoms with Gasteiger partial charge in [0.15, 0.2) is 0 Å². The Morgan fingerprint density at radius 1 is 1.08 bits per heavy atom. The zero-order chi connectivity index (χ0) is 18.4. The molecule has 2 aromatic carbocycles. The number of halogens is 1. The third kappa shape index (κ3) is 4.87. The van der Waals surface area contributed by atoms with Gasteiger partial charge >= 0.3 is 0 Å². The average Bonchev–Trinajstić information content (AvgIpc) is 2.67. The Labute approximate surface area is 153 Å². The highest BCUT2D eigenvalue weighted by molar-refractivity contribution is 5.82. The summed E-state index contributed by atoms with van der Waals surface area (Å²) in [6, 6.07) is 15.9. The van der Waals surface area contributed by atoms with Crippen molar-refractivity contribution < 1.29 is 9.50 Å². The summed E-state index contributed by atoms with van der Waals surface area (Å²) in [7, 11) is 0. The summed E-state index contributed by atoms with van der Waals surface area (Å²) < 4.78 is 13.8. The van der Waals surface area contributed by atoms with Crippen molar-refractivity contribution in [3.63, 3.8) is 0 Å². The third-order valence-electron chi connectivity index (χ3n) is 4.73. The lowest BCUT2D eigenvalue weighted by Crippen LogP contribution is -2.25. The standard InChI is InChI=1S/C22H25FN2O/c1-16(6-5-9-22(26)18-7-3-2-4-8-18)25-13-17-10-11-19-14-24-15-21(23)20(19)12-17/h2-4,7-8,10-12,14-16,22,25-26H,5-6,9,13H2,1H3/t16-,22?/m1/s1.